The smallest absolute Gasteiger partial charge is 0.208 e. The summed E-state index contributed by atoms with van der Waals surface area (Å²) in [6.07, 6.45) is 4.36. The monoisotopic (exact) mass is 227 g/mol. The molecule has 0 bridgehead atoms. The van der Waals surface area contributed by atoms with E-state index in [2.05, 4.69) is 27.6 Å². The molecule has 1 aromatic heterocycles. The standard InChI is InChI=1S/C13H13N3O/c17-9-14-13(12-6-8-15-16-12)7-5-10-3-1-2-4-11(10)13/h1-4,6,8-9H,5,7H2,(H,14,17)(H,15,16). The van der Waals surface area contributed by atoms with Gasteiger partial charge in [-0.3, -0.25) is 9.89 Å². The number of carbonyl (C=O) groups is 1. The van der Waals surface area contributed by atoms with Gasteiger partial charge in [0.25, 0.3) is 0 Å². The molecule has 1 aliphatic rings. The molecule has 0 saturated heterocycles. The first-order valence-corrected chi connectivity index (χ1v) is 5.67. The number of carbonyl (C=O) groups excluding carboxylic acids is 1. The van der Waals surface area contributed by atoms with Crippen LogP contribution in [-0.4, -0.2) is 16.6 Å². The van der Waals surface area contributed by atoms with Gasteiger partial charge in [0.1, 0.15) is 5.54 Å². The lowest BCUT2D eigenvalue weighted by molar-refractivity contribution is -0.111. The van der Waals surface area contributed by atoms with Gasteiger partial charge in [0.2, 0.25) is 6.41 Å². The van der Waals surface area contributed by atoms with Gasteiger partial charge in [0.15, 0.2) is 0 Å². The molecule has 17 heavy (non-hydrogen) atoms. The summed E-state index contributed by atoms with van der Waals surface area (Å²) in [7, 11) is 0. The van der Waals surface area contributed by atoms with E-state index in [1.807, 2.05) is 18.2 Å². The zero-order chi connectivity index (χ0) is 11.7. The summed E-state index contributed by atoms with van der Waals surface area (Å²) in [6, 6.07) is 10.1. The maximum atomic E-state index is 10.9. The lowest BCUT2D eigenvalue weighted by Crippen LogP contribution is -2.41. The largest absolute Gasteiger partial charge is 0.343 e. The maximum Gasteiger partial charge on any atom is 0.208 e. The van der Waals surface area contributed by atoms with E-state index in [1.165, 1.54) is 5.56 Å². The van der Waals surface area contributed by atoms with Crippen molar-refractivity contribution in [1.29, 1.82) is 0 Å². The normalized spacial score (nSPS) is 22.1. The lowest BCUT2D eigenvalue weighted by atomic mass is 9.88. The molecule has 1 amide bonds. The van der Waals surface area contributed by atoms with Gasteiger partial charge in [-0.25, -0.2) is 0 Å². The Kier molecular flexibility index (Phi) is 2.21. The Balaban J connectivity index is 2.18. The minimum atomic E-state index is -0.460. The van der Waals surface area contributed by atoms with Crippen LogP contribution in [0.2, 0.25) is 0 Å². The summed E-state index contributed by atoms with van der Waals surface area (Å²) in [6.45, 7) is 0. The van der Waals surface area contributed by atoms with Crippen molar-refractivity contribution in [2.75, 3.05) is 0 Å². The van der Waals surface area contributed by atoms with Crippen molar-refractivity contribution in [2.45, 2.75) is 18.4 Å². The fourth-order valence-corrected chi connectivity index (χ4v) is 2.70. The molecule has 1 aromatic carbocycles. The molecular weight excluding hydrogens is 214 g/mol. The molecule has 2 N–H and O–H groups in total. The van der Waals surface area contributed by atoms with Gasteiger partial charge in [-0.1, -0.05) is 24.3 Å². The molecule has 0 spiro atoms. The Morgan fingerprint density at radius 1 is 1.35 bits per heavy atom. The van der Waals surface area contributed by atoms with Gasteiger partial charge in [-0.15, -0.1) is 0 Å². The van der Waals surface area contributed by atoms with E-state index in [9.17, 15) is 4.79 Å². The first-order valence-electron chi connectivity index (χ1n) is 5.67. The van der Waals surface area contributed by atoms with Crippen LogP contribution in [0.5, 0.6) is 0 Å². The van der Waals surface area contributed by atoms with E-state index in [1.54, 1.807) is 6.20 Å². The zero-order valence-corrected chi connectivity index (χ0v) is 9.31. The van der Waals surface area contributed by atoms with Crippen molar-refractivity contribution >= 4 is 6.41 Å². The Morgan fingerprint density at radius 2 is 2.24 bits per heavy atom. The minimum absolute atomic E-state index is 0.460. The summed E-state index contributed by atoms with van der Waals surface area (Å²) >= 11 is 0. The van der Waals surface area contributed by atoms with Crippen molar-refractivity contribution in [2.24, 2.45) is 0 Å². The molecule has 1 atom stereocenters. The molecular formula is C13H13N3O. The molecule has 0 radical (unpaired) electrons. The highest BCUT2D eigenvalue weighted by Gasteiger charge is 2.41. The van der Waals surface area contributed by atoms with Crippen LogP contribution in [0, 0.1) is 0 Å². The van der Waals surface area contributed by atoms with Crippen molar-refractivity contribution in [1.82, 2.24) is 15.5 Å². The molecule has 0 saturated carbocycles. The van der Waals surface area contributed by atoms with Gasteiger partial charge in [-0.2, -0.15) is 5.10 Å². The first kappa shape index (κ1) is 10.1. The summed E-state index contributed by atoms with van der Waals surface area (Å²) in [4.78, 5) is 10.9. The Labute approximate surface area is 99.1 Å². The predicted octanol–water partition coefficient (Wildman–Crippen LogP) is 1.35. The van der Waals surface area contributed by atoms with Crippen LogP contribution in [-0.2, 0) is 16.8 Å². The lowest BCUT2D eigenvalue weighted by Gasteiger charge is -2.27. The minimum Gasteiger partial charge on any atom is -0.343 e. The maximum absolute atomic E-state index is 10.9. The van der Waals surface area contributed by atoms with E-state index in [-0.39, 0.29) is 0 Å². The Bertz CT molecular complexity index is 535. The number of amides is 1. The van der Waals surface area contributed by atoms with Crippen molar-refractivity contribution in [3.8, 4) is 0 Å². The van der Waals surface area contributed by atoms with E-state index < -0.39 is 5.54 Å². The van der Waals surface area contributed by atoms with Crippen LogP contribution in [0.3, 0.4) is 0 Å². The van der Waals surface area contributed by atoms with Crippen molar-refractivity contribution in [3.05, 3.63) is 53.3 Å². The molecule has 1 unspecified atom stereocenters. The fraction of sp³-hybridized carbons (Fsp3) is 0.231. The van der Waals surface area contributed by atoms with Crippen LogP contribution in [0.1, 0.15) is 23.2 Å². The molecule has 4 nitrogen and oxygen atoms in total. The second kappa shape index (κ2) is 3.73. The number of rotatable bonds is 3. The number of H-pyrrole nitrogens is 1. The number of nitrogens with zero attached hydrogens (tertiary/aromatic N) is 1. The molecule has 1 aliphatic carbocycles. The van der Waals surface area contributed by atoms with Gasteiger partial charge in [-0.05, 0) is 30.0 Å². The molecule has 0 aliphatic heterocycles. The van der Waals surface area contributed by atoms with E-state index in [4.69, 9.17) is 0 Å². The second-order valence-corrected chi connectivity index (χ2v) is 4.28. The Hall–Kier alpha value is -2.10. The van der Waals surface area contributed by atoms with Crippen molar-refractivity contribution < 1.29 is 4.79 Å². The highest BCUT2D eigenvalue weighted by Crippen LogP contribution is 2.40. The molecule has 86 valence electrons. The van der Waals surface area contributed by atoms with Crippen LogP contribution in [0.15, 0.2) is 36.5 Å². The average Bonchev–Trinajstić information content (AvgIpc) is 2.98. The number of nitrogens with one attached hydrogen (secondary N) is 2. The van der Waals surface area contributed by atoms with Gasteiger partial charge < -0.3 is 5.32 Å². The van der Waals surface area contributed by atoms with Gasteiger partial charge in [0.05, 0.1) is 5.69 Å². The topological polar surface area (TPSA) is 57.8 Å². The number of hydrogen-bond donors (Lipinski definition) is 2. The molecule has 1 heterocycles. The summed E-state index contributed by atoms with van der Waals surface area (Å²) in [5.41, 5.74) is 2.84. The van der Waals surface area contributed by atoms with Gasteiger partial charge in [0, 0.05) is 6.20 Å². The van der Waals surface area contributed by atoms with E-state index in [0.29, 0.717) is 0 Å². The summed E-state index contributed by atoms with van der Waals surface area (Å²) < 4.78 is 0. The molecule has 3 rings (SSSR count). The second-order valence-electron chi connectivity index (χ2n) is 4.28. The third-order valence-electron chi connectivity index (χ3n) is 3.49. The fourth-order valence-electron chi connectivity index (χ4n) is 2.70. The SMILES string of the molecule is O=CNC1(c2cc[nH]n2)CCc2ccccc21. The summed E-state index contributed by atoms with van der Waals surface area (Å²) in [5.74, 6) is 0. The van der Waals surface area contributed by atoms with Crippen LogP contribution < -0.4 is 5.32 Å². The predicted molar refractivity (Wildman–Crippen MR) is 63.3 cm³/mol. The number of aromatic amines is 1. The third-order valence-corrected chi connectivity index (χ3v) is 3.49. The quantitative estimate of drug-likeness (QED) is 0.777. The first-order chi connectivity index (χ1) is 8.37. The Morgan fingerprint density at radius 3 is 3.00 bits per heavy atom. The van der Waals surface area contributed by atoms with Crippen LogP contribution in [0.4, 0.5) is 0 Å². The summed E-state index contributed by atoms with van der Waals surface area (Å²) in [5, 5.41) is 10.0. The van der Waals surface area contributed by atoms with Crippen LogP contribution >= 0.6 is 0 Å². The number of hydrogen-bond acceptors (Lipinski definition) is 2. The highest BCUT2D eigenvalue weighted by atomic mass is 16.1. The molecule has 0 fully saturated rings. The number of aromatic nitrogens is 2. The van der Waals surface area contributed by atoms with Gasteiger partial charge >= 0.3 is 0 Å². The average molecular weight is 227 g/mol. The third kappa shape index (κ3) is 1.37. The number of benzene rings is 1. The number of fused-ring (bicyclic) bond motifs is 1. The molecule has 2 aromatic rings. The van der Waals surface area contributed by atoms with E-state index in [0.717, 1.165) is 30.5 Å². The van der Waals surface area contributed by atoms with Crippen molar-refractivity contribution in [3.63, 3.8) is 0 Å². The van der Waals surface area contributed by atoms with E-state index >= 15 is 0 Å². The number of aryl methyl sites for hydroxylation is 1. The molecule has 4 heteroatoms. The zero-order valence-electron chi connectivity index (χ0n) is 9.31. The van der Waals surface area contributed by atoms with Crippen LogP contribution in [0.25, 0.3) is 0 Å². The highest BCUT2D eigenvalue weighted by molar-refractivity contribution is 5.55.